The summed E-state index contributed by atoms with van der Waals surface area (Å²) in [7, 11) is 0. The number of benzene rings is 1. The predicted octanol–water partition coefficient (Wildman–Crippen LogP) is 2.65. The van der Waals surface area contributed by atoms with Crippen molar-refractivity contribution in [3.05, 3.63) is 34.9 Å². The van der Waals surface area contributed by atoms with Gasteiger partial charge in [-0.05, 0) is 63.4 Å². The molecule has 0 bridgehead atoms. The molecule has 1 heterocycles. The smallest absolute Gasteiger partial charge is 0.408 e. The molecule has 2 rings (SSSR count). The maximum absolute atomic E-state index is 11.4. The predicted molar refractivity (Wildman–Crippen MR) is 80.0 cm³/mol. The molecule has 1 aliphatic heterocycles. The Morgan fingerprint density at radius 1 is 1.25 bits per heavy atom. The van der Waals surface area contributed by atoms with Gasteiger partial charge in [0, 0.05) is 12.1 Å². The van der Waals surface area contributed by atoms with Crippen molar-refractivity contribution in [1.29, 1.82) is 0 Å². The number of hydrogen-bond acceptors (Lipinski definition) is 2. The van der Waals surface area contributed by atoms with Crippen molar-refractivity contribution in [3.8, 4) is 0 Å². The van der Waals surface area contributed by atoms with E-state index in [0.717, 1.165) is 31.5 Å². The molecule has 110 valence electrons. The average Bonchev–Trinajstić information content (AvgIpc) is 2.58. The van der Waals surface area contributed by atoms with Crippen molar-refractivity contribution >= 4 is 6.09 Å². The van der Waals surface area contributed by atoms with E-state index in [2.05, 4.69) is 23.5 Å². The quantitative estimate of drug-likeness (QED) is 0.873. The molecule has 0 atom stereocenters. The maximum Gasteiger partial charge on any atom is 0.408 e. The lowest BCUT2D eigenvalue weighted by atomic mass is 9.98. The lowest BCUT2D eigenvalue weighted by Crippen LogP contribution is -2.44. The summed E-state index contributed by atoms with van der Waals surface area (Å²) < 4.78 is 0. The van der Waals surface area contributed by atoms with Crippen LogP contribution in [0.3, 0.4) is 0 Å². The molecule has 0 aromatic heterocycles. The van der Waals surface area contributed by atoms with Crippen molar-refractivity contribution in [2.45, 2.75) is 45.7 Å². The topological polar surface area (TPSA) is 52.6 Å². The van der Waals surface area contributed by atoms with E-state index in [1.54, 1.807) is 0 Å². The van der Waals surface area contributed by atoms with Gasteiger partial charge in [0.25, 0.3) is 0 Å². The summed E-state index contributed by atoms with van der Waals surface area (Å²) in [6, 6.07) is 6.39. The van der Waals surface area contributed by atoms with E-state index >= 15 is 0 Å². The van der Waals surface area contributed by atoms with E-state index in [0.29, 0.717) is 6.54 Å². The highest BCUT2D eigenvalue weighted by Crippen LogP contribution is 2.21. The van der Waals surface area contributed by atoms with Gasteiger partial charge in [-0.3, -0.25) is 4.90 Å². The van der Waals surface area contributed by atoms with Gasteiger partial charge in [-0.15, -0.1) is 0 Å². The van der Waals surface area contributed by atoms with Crippen LogP contribution in [0.5, 0.6) is 0 Å². The molecule has 1 aromatic carbocycles. The zero-order chi connectivity index (χ0) is 14.8. The number of rotatable bonds is 2. The molecular weight excluding hydrogens is 252 g/mol. The van der Waals surface area contributed by atoms with E-state index in [4.69, 9.17) is 0 Å². The van der Waals surface area contributed by atoms with Crippen LogP contribution in [0.1, 0.15) is 37.5 Å². The van der Waals surface area contributed by atoms with Crippen molar-refractivity contribution in [3.63, 3.8) is 0 Å². The Hall–Kier alpha value is -1.55. The molecule has 1 aliphatic rings. The Kier molecular flexibility index (Phi) is 4.33. The van der Waals surface area contributed by atoms with Crippen molar-refractivity contribution in [2.75, 3.05) is 13.1 Å². The molecule has 4 nitrogen and oxygen atoms in total. The van der Waals surface area contributed by atoms with Crippen LogP contribution >= 0.6 is 0 Å². The third-order valence-corrected chi connectivity index (χ3v) is 3.79. The van der Waals surface area contributed by atoms with Crippen LogP contribution in [0.15, 0.2) is 18.2 Å². The monoisotopic (exact) mass is 276 g/mol. The lowest BCUT2D eigenvalue weighted by Gasteiger charge is -2.33. The van der Waals surface area contributed by atoms with E-state index < -0.39 is 6.09 Å². The molecule has 0 unspecified atom stereocenters. The van der Waals surface area contributed by atoms with Crippen LogP contribution in [0, 0.1) is 0 Å². The van der Waals surface area contributed by atoms with Crippen molar-refractivity contribution in [2.24, 2.45) is 0 Å². The largest absolute Gasteiger partial charge is 0.465 e. The number of carboxylic acid groups (broad SMARTS) is 1. The number of nitrogens with one attached hydrogen (secondary N) is 1. The van der Waals surface area contributed by atoms with E-state index in [-0.39, 0.29) is 5.54 Å². The standard InChI is InChI=1S/C16H24N2O2/c1-16(2,3)18(15(19)20)11-12-4-5-13-6-8-17-9-7-14(13)10-12/h4-5,10,17H,6-9,11H2,1-3H3,(H,19,20). The molecule has 2 N–H and O–H groups in total. The zero-order valence-corrected chi connectivity index (χ0v) is 12.6. The second-order valence-electron chi connectivity index (χ2n) is 6.39. The molecule has 0 aliphatic carbocycles. The summed E-state index contributed by atoms with van der Waals surface area (Å²) in [4.78, 5) is 12.9. The average molecular weight is 276 g/mol. The normalized spacial score (nSPS) is 15.3. The highest BCUT2D eigenvalue weighted by atomic mass is 16.4. The minimum absolute atomic E-state index is 0.389. The fourth-order valence-electron chi connectivity index (χ4n) is 2.60. The first kappa shape index (κ1) is 14.9. The van der Waals surface area contributed by atoms with Gasteiger partial charge in [-0.2, -0.15) is 0 Å². The second kappa shape index (κ2) is 5.83. The zero-order valence-electron chi connectivity index (χ0n) is 12.6. The van der Waals surface area contributed by atoms with E-state index in [9.17, 15) is 9.90 Å². The van der Waals surface area contributed by atoms with Crippen molar-refractivity contribution < 1.29 is 9.90 Å². The Morgan fingerprint density at radius 3 is 2.50 bits per heavy atom. The van der Waals surface area contributed by atoms with Crippen LogP contribution in [-0.2, 0) is 19.4 Å². The van der Waals surface area contributed by atoms with Crippen LogP contribution in [0.4, 0.5) is 4.79 Å². The van der Waals surface area contributed by atoms with Gasteiger partial charge in [0.1, 0.15) is 0 Å². The number of carbonyl (C=O) groups is 1. The molecule has 0 saturated heterocycles. The summed E-state index contributed by atoms with van der Waals surface area (Å²) in [5, 5.41) is 12.8. The molecule has 4 heteroatoms. The van der Waals surface area contributed by atoms with Gasteiger partial charge in [0.05, 0.1) is 0 Å². The Labute approximate surface area is 120 Å². The maximum atomic E-state index is 11.4. The molecule has 0 saturated carbocycles. The van der Waals surface area contributed by atoms with Crippen LogP contribution in [0.2, 0.25) is 0 Å². The summed E-state index contributed by atoms with van der Waals surface area (Å²) >= 11 is 0. The molecule has 0 radical (unpaired) electrons. The second-order valence-corrected chi connectivity index (χ2v) is 6.39. The van der Waals surface area contributed by atoms with Gasteiger partial charge in [0.2, 0.25) is 0 Å². The molecule has 0 spiro atoms. The van der Waals surface area contributed by atoms with Gasteiger partial charge in [-0.25, -0.2) is 4.79 Å². The first-order valence-electron chi connectivity index (χ1n) is 7.20. The summed E-state index contributed by atoms with van der Waals surface area (Å²) in [6.07, 6.45) is 1.21. The molecule has 1 aromatic rings. The highest BCUT2D eigenvalue weighted by Gasteiger charge is 2.26. The fourth-order valence-corrected chi connectivity index (χ4v) is 2.60. The Bertz CT molecular complexity index is 492. The first-order chi connectivity index (χ1) is 9.38. The number of amides is 1. The van der Waals surface area contributed by atoms with Gasteiger partial charge >= 0.3 is 6.09 Å². The van der Waals surface area contributed by atoms with E-state index in [1.807, 2.05) is 20.8 Å². The van der Waals surface area contributed by atoms with Gasteiger partial charge in [-0.1, -0.05) is 18.2 Å². The van der Waals surface area contributed by atoms with Crippen molar-refractivity contribution in [1.82, 2.24) is 10.2 Å². The fraction of sp³-hybridized carbons (Fsp3) is 0.562. The summed E-state index contributed by atoms with van der Waals surface area (Å²) in [5.41, 5.74) is 3.42. The molecule has 20 heavy (non-hydrogen) atoms. The summed E-state index contributed by atoms with van der Waals surface area (Å²) in [6.45, 7) is 8.24. The third-order valence-electron chi connectivity index (χ3n) is 3.79. The third kappa shape index (κ3) is 3.51. The Balaban J connectivity index is 2.21. The number of hydrogen-bond donors (Lipinski definition) is 2. The minimum Gasteiger partial charge on any atom is -0.465 e. The summed E-state index contributed by atoms with van der Waals surface area (Å²) in [5.74, 6) is 0. The minimum atomic E-state index is -0.867. The van der Waals surface area contributed by atoms with Crippen LogP contribution in [-0.4, -0.2) is 34.7 Å². The van der Waals surface area contributed by atoms with Gasteiger partial charge in [0.15, 0.2) is 0 Å². The van der Waals surface area contributed by atoms with Crippen LogP contribution in [0.25, 0.3) is 0 Å². The highest BCUT2D eigenvalue weighted by molar-refractivity contribution is 5.66. The SMILES string of the molecule is CC(C)(C)N(Cc1ccc2c(c1)CCNCC2)C(=O)O. The van der Waals surface area contributed by atoms with E-state index in [1.165, 1.54) is 16.0 Å². The van der Waals surface area contributed by atoms with Crippen LogP contribution < -0.4 is 5.32 Å². The van der Waals surface area contributed by atoms with Gasteiger partial charge < -0.3 is 10.4 Å². The molecule has 0 fully saturated rings. The number of nitrogens with zero attached hydrogens (tertiary/aromatic N) is 1. The molecular formula is C16H24N2O2. The molecule has 1 amide bonds. The first-order valence-corrected chi connectivity index (χ1v) is 7.20. The lowest BCUT2D eigenvalue weighted by molar-refractivity contribution is 0.0955. The number of fused-ring (bicyclic) bond motifs is 1. The Morgan fingerprint density at radius 2 is 1.90 bits per heavy atom.